The van der Waals surface area contributed by atoms with Crippen LogP contribution in [0, 0.1) is 0 Å². The fraction of sp³-hybridized carbons (Fsp3) is 0.778. The summed E-state index contributed by atoms with van der Waals surface area (Å²) >= 11 is 3.70. The second-order valence-electron chi connectivity index (χ2n) is 2.58. The molecule has 0 unspecified atom stereocenters. The third kappa shape index (κ3) is 8.50. The van der Waals surface area contributed by atoms with Gasteiger partial charge in [-0.15, -0.1) is 0 Å². The van der Waals surface area contributed by atoms with E-state index in [4.69, 9.17) is 5.11 Å². The van der Waals surface area contributed by atoms with Crippen molar-refractivity contribution in [3.8, 4) is 0 Å². The molecule has 0 rings (SSSR count). The van der Waals surface area contributed by atoms with Crippen molar-refractivity contribution in [3.05, 3.63) is 12.2 Å². The predicted octanol–water partition coefficient (Wildman–Crippen LogP) is 2.41. The summed E-state index contributed by atoms with van der Waals surface area (Å²) in [6.45, 7) is 6.44. The maximum absolute atomic E-state index is 8.54. The van der Waals surface area contributed by atoms with Crippen molar-refractivity contribution in [2.45, 2.75) is 13.3 Å². The smallest absolute Gasteiger partial charge is 0.0521 e. The molecule has 0 atom stereocenters. The maximum Gasteiger partial charge on any atom is 0.0521 e. The van der Waals surface area contributed by atoms with E-state index in [1.54, 1.807) is 11.8 Å². The molecule has 0 aliphatic carbocycles. The van der Waals surface area contributed by atoms with Crippen LogP contribution >= 0.6 is 23.5 Å². The molecule has 0 amide bonds. The van der Waals surface area contributed by atoms with Crippen LogP contribution in [0.4, 0.5) is 0 Å². The molecular weight excluding hydrogens is 188 g/mol. The summed E-state index contributed by atoms with van der Waals surface area (Å²) in [6, 6.07) is 0. The normalized spacial score (nSPS) is 10.2. The second-order valence-corrected chi connectivity index (χ2v) is 4.79. The molecule has 0 saturated heterocycles. The van der Waals surface area contributed by atoms with E-state index >= 15 is 0 Å². The molecule has 0 fully saturated rings. The van der Waals surface area contributed by atoms with Crippen molar-refractivity contribution in [3.63, 3.8) is 0 Å². The third-order valence-electron chi connectivity index (χ3n) is 1.20. The van der Waals surface area contributed by atoms with Gasteiger partial charge in [0.25, 0.3) is 0 Å². The van der Waals surface area contributed by atoms with Gasteiger partial charge >= 0.3 is 0 Å². The summed E-state index contributed by atoms with van der Waals surface area (Å²) < 4.78 is 0. The van der Waals surface area contributed by atoms with Gasteiger partial charge in [-0.05, 0) is 12.2 Å². The Morgan fingerprint density at radius 2 is 1.83 bits per heavy atom. The monoisotopic (exact) mass is 206 g/mol. The second kappa shape index (κ2) is 9.49. The summed E-state index contributed by atoms with van der Waals surface area (Å²) in [5, 5.41) is 8.54. The molecule has 0 bridgehead atoms. The number of aliphatic hydroxyl groups excluding tert-OH is 1. The van der Waals surface area contributed by atoms with E-state index in [2.05, 4.69) is 13.5 Å². The van der Waals surface area contributed by atoms with E-state index in [0.717, 1.165) is 17.3 Å². The number of thioether (sulfide) groups is 2. The summed E-state index contributed by atoms with van der Waals surface area (Å²) in [4.78, 5) is 0. The highest BCUT2D eigenvalue weighted by atomic mass is 32.2. The Morgan fingerprint density at radius 1 is 1.25 bits per heavy atom. The van der Waals surface area contributed by atoms with Gasteiger partial charge in [-0.3, -0.25) is 0 Å². The summed E-state index contributed by atoms with van der Waals surface area (Å²) in [5.41, 5.74) is 1.28. The topological polar surface area (TPSA) is 20.2 Å². The lowest BCUT2D eigenvalue weighted by atomic mass is 10.4. The summed E-state index contributed by atoms with van der Waals surface area (Å²) in [7, 11) is 0. The van der Waals surface area contributed by atoms with Crippen LogP contribution in [0.15, 0.2) is 12.2 Å². The van der Waals surface area contributed by atoms with Crippen molar-refractivity contribution in [2.75, 3.05) is 29.6 Å². The van der Waals surface area contributed by atoms with Crippen LogP contribution < -0.4 is 0 Å². The van der Waals surface area contributed by atoms with E-state index in [0.29, 0.717) is 0 Å². The summed E-state index contributed by atoms with van der Waals surface area (Å²) in [5.74, 6) is 4.13. The minimum absolute atomic E-state index is 0.278. The predicted molar refractivity (Wildman–Crippen MR) is 61.2 cm³/mol. The zero-order valence-electron chi connectivity index (χ0n) is 7.71. The molecule has 1 nitrogen and oxygen atoms in total. The minimum Gasteiger partial charge on any atom is -0.396 e. The van der Waals surface area contributed by atoms with Crippen molar-refractivity contribution in [1.29, 1.82) is 0 Å². The zero-order valence-corrected chi connectivity index (χ0v) is 9.35. The quantitative estimate of drug-likeness (QED) is 0.486. The van der Waals surface area contributed by atoms with Crippen LogP contribution in [0.25, 0.3) is 0 Å². The molecule has 3 heteroatoms. The first-order valence-corrected chi connectivity index (χ1v) is 6.55. The first kappa shape index (κ1) is 12.4. The highest BCUT2D eigenvalue weighted by Gasteiger charge is 1.94. The summed E-state index contributed by atoms with van der Waals surface area (Å²) in [6.07, 6.45) is 1.24. The van der Waals surface area contributed by atoms with Gasteiger partial charge in [0, 0.05) is 17.3 Å². The van der Waals surface area contributed by atoms with Gasteiger partial charge in [0.05, 0.1) is 6.61 Å². The Morgan fingerprint density at radius 3 is 2.33 bits per heavy atom. The van der Waals surface area contributed by atoms with Crippen molar-refractivity contribution in [2.24, 2.45) is 0 Å². The lowest BCUT2D eigenvalue weighted by molar-refractivity contribution is 0.322. The molecule has 0 saturated carbocycles. The van der Waals surface area contributed by atoms with Crippen LogP contribution in [-0.4, -0.2) is 34.7 Å². The van der Waals surface area contributed by atoms with Crippen molar-refractivity contribution in [1.82, 2.24) is 0 Å². The van der Waals surface area contributed by atoms with E-state index in [1.807, 2.05) is 11.8 Å². The Labute approximate surface area is 84.0 Å². The van der Waals surface area contributed by atoms with Gasteiger partial charge in [-0.1, -0.05) is 19.1 Å². The van der Waals surface area contributed by atoms with Crippen LogP contribution in [0.2, 0.25) is 0 Å². The van der Waals surface area contributed by atoms with E-state index < -0.39 is 0 Å². The average Bonchev–Trinajstić information content (AvgIpc) is 2.06. The SMILES string of the molecule is C=C(CSCCC)CSCCO. The van der Waals surface area contributed by atoms with Crippen LogP contribution in [-0.2, 0) is 0 Å². The number of hydrogen-bond donors (Lipinski definition) is 1. The third-order valence-corrected chi connectivity index (χ3v) is 3.59. The van der Waals surface area contributed by atoms with Crippen LogP contribution in [0.5, 0.6) is 0 Å². The molecule has 0 aliphatic rings. The van der Waals surface area contributed by atoms with Crippen LogP contribution in [0.1, 0.15) is 13.3 Å². The molecule has 0 aromatic heterocycles. The maximum atomic E-state index is 8.54. The fourth-order valence-corrected chi connectivity index (χ4v) is 2.30. The Kier molecular flexibility index (Phi) is 9.80. The molecule has 0 heterocycles. The number of rotatable bonds is 8. The molecule has 0 aromatic rings. The Balaban J connectivity index is 3.10. The Bertz CT molecular complexity index is 103. The van der Waals surface area contributed by atoms with Gasteiger partial charge in [0.1, 0.15) is 0 Å². The average molecular weight is 206 g/mol. The van der Waals surface area contributed by atoms with Crippen LogP contribution in [0.3, 0.4) is 0 Å². The lowest BCUT2D eigenvalue weighted by Crippen LogP contribution is -1.94. The molecule has 0 aliphatic heterocycles. The molecule has 72 valence electrons. The highest BCUT2D eigenvalue weighted by molar-refractivity contribution is 8.00. The van der Waals surface area contributed by atoms with Gasteiger partial charge in [0.15, 0.2) is 0 Å². The fourth-order valence-electron chi connectivity index (χ4n) is 0.684. The van der Waals surface area contributed by atoms with Gasteiger partial charge in [0.2, 0.25) is 0 Å². The first-order chi connectivity index (χ1) is 5.81. The first-order valence-electron chi connectivity index (χ1n) is 4.24. The molecule has 12 heavy (non-hydrogen) atoms. The van der Waals surface area contributed by atoms with Crippen molar-refractivity contribution < 1.29 is 5.11 Å². The molecule has 0 radical (unpaired) electrons. The van der Waals surface area contributed by atoms with Crippen molar-refractivity contribution >= 4 is 23.5 Å². The number of aliphatic hydroxyl groups is 1. The Hall–Kier alpha value is 0.400. The molecule has 1 N–H and O–H groups in total. The van der Waals surface area contributed by atoms with Gasteiger partial charge < -0.3 is 5.11 Å². The molecular formula is C9H18OS2. The largest absolute Gasteiger partial charge is 0.396 e. The van der Waals surface area contributed by atoms with Gasteiger partial charge in [-0.25, -0.2) is 0 Å². The van der Waals surface area contributed by atoms with E-state index in [1.165, 1.54) is 17.7 Å². The van der Waals surface area contributed by atoms with Gasteiger partial charge in [-0.2, -0.15) is 23.5 Å². The minimum atomic E-state index is 0.278. The molecule has 0 spiro atoms. The standard InChI is InChI=1S/C9H18OS2/c1-3-5-11-7-9(2)8-12-6-4-10/h10H,2-8H2,1H3. The number of hydrogen-bond acceptors (Lipinski definition) is 3. The zero-order chi connectivity index (χ0) is 9.23. The van der Waals surface area contributed by atoms with E-state index in [-0.39, 0.29) is 6.61 Å². The molecule has 0 aromatic carbocycles. The van der Waals surface area contributed by atoms with E-state index in [9.17, 15) is 0 Å². The highest BCUT2D eigenvalue weighted by Crippen LogP contribution is 2.12. The lowest BCUT2D eigenvalue weighted by Gasteiger charge is -2.03.